The molecule has 0 aromatic carbocycles. The topological polar surface area (TPSA) is 52.7 Å². The predicted octanol–water partition coefficient (Wildman–Crippen LogP) is 1.81. The van der Waals surface area contributed by atoms with Gasteiger partial charge in [0.15, 0.2) is 0 Å². The van der Waals surface area contributed by atoms with Gasteiger partial charge in [0.1, 0.15) is 0 Å². The van der Waals surface area contributed by atoms with Crippen molar-refractivity contribution in [1.82, 2.24) is 15.1 Å². The zero-order valence-corrected chi connectivity index (χ0v) is 14.5. The van der Waals surface area contributed by atoms with Crippen molar-refractivity contribution < 1.29 is 9.59 Å². The van der Waals surface area contributed by atoms with E-state index in [9.17, 15) is 9.59 Å². The molecule has 1 aromatic rings. The normalized spacial score (nSPS) is 18.9. The van der Waals surface area contributed by atoms with E-state index in [1.54, 1.807) is 13.1 Å². The number of piperidine rings is 1. The minimum absolute atomic E-state index is 0.0537. The fourth-order valence-corrected chi connectivity index (χ4v) is 3.67. The van der Waals surface area contributed by atoms with Gasteiger partial charge in [0.25, 0.3) is 5.91 Å². The molecule has 0 atom stereocenters. The fraction of sp³-hybridized carbons (Fsp3) is 0.647. The molecule has 0 bridgehead atoms. The third-order valence-corrected chi connectivity index (χ3v) is 5.55. The summed E-state index contributed by atoms with van der Waals surface area (Å²) in [7, 11) is 1.70. The largest absolute Gasteiger partial charge is 0.341 e. The Morgan fingerprint density at radius 3 is 2.65 bits per heavy atom. The molecule has 1 aliphatic carbocycles. The molecule has 2 amide bonds. The van der Waals surface area contributed by atoms with Crippen molar-refractivity contribution in [3.8, 4) is 0 Å². The molecular weight excluding hydrogens is 310 g/mol. The van der Waals surface area contributed by atoms with Crippen LogP contribution in [0, 0.1) is 5.92 Å². The predicted molar refractivity (Wildman–Crippen MR) is 91.6 cm³/mol. The van der Waals surface area contributed by atoms with Crippen LogP contribution < -0.4 is 5.32 Å². The second-order valence-corrected chi connectivity index (χ2v) is 7.59. The summed E-state index contributed by atoms with van der Waals surface area (Å²) in [5.41, 5.74) is 0. The van der Waals surface area contributed by atoms with Crippen LogP contribution in [0.1, 0.15) is 35.4 Å². The first-order valence-electron chi connectivity index (χ1n) is 8.43. The first-order chi connectivity index (χ1) is 11.1. The molecule has 2 aliphatic rings. The molecule has 1 aromatic heterocycles. The average Bonchev–Trinajstić information content (AvgIpc) is 3.24. The van der Waals surface area contributed by atoms with Gasteiger partial charge in [-0.2, -0.15) is 0 Å². The van der Waals surface area contributed by atoms with E-state index in [-0.39, 0.29) is 18.4 Å². The van der Waals surface area contributed by atoms with E-state index in [1.807, 2.05) is 16.3 Å². The Balaban J connectivity index is 1.41. The van der Waals surface area contributed by atoms with Crippen LogP contribution in [-0.2, 0) is 4.79 Å². The summed E-state index contributed by atoms with van der Waals surface area (Å²) in [6.45, 7) is 2.89. The van der Waals surface area contributed by atoms with Gasteiger partial charge in [-0.05, 0) is 49.6 Å². The number of nitrogens with one attached hydrogen (secondary N) is 1. The Labute approximate surface area is 141 Å². The third kappa shape index (κ3) is 4.54. The summed E-state index contributed by atoms with van der Waals surface area (Å²) in [5.74, 6) is 0.874. The molecule has 2 heterocycles. The van der Waals surface area contributed by atoms with Gasteiger partial charge in [-0.25, -0.2) is 0 Å². The molecule has 1 aliphatic heterocycles. The molecule has 6 heteroatoms. The van der Waals surface area contributed by atoms with Gasteiger partial charge in [0, 0.05) is 26.2 Å². The highest BCUT2D eigenvalue weighted by Gasteiger charge is 2.27. The highest BCUT2D eigenvalue weighted by atomic mass is 32.1. The highest BCUT2D eigenvalue weighted by Crippen LogP contribution is 2.28. The Morgan fingerprint density at radius 2 is 2.04 bits per heavy atom. The maximum absolute atomic E-state index is 12.4. The molecule has 2 fully saturated rings. The quantitative estimate of drug-likeness (QED) is 0.863. The third-order valence-electron chi connectivity index (χ3n) is 4.69. The summed E-state index contributed by atoms with van der Waals surface area (Å²) in [6.07, 6.45) is 4.77. The second kappa shape index (κ2) is 7.45. The fourth-order valence-electron chi connectivity index (χ4n) is 2.95. The van der Waals surface area contributed by atoms with Crippen molar-refractivity contribution in [3.05, 3.63) is 22.4 Å². The van der Waals surface area contributed by atoms with E-state index >= 15 is 0 Å². The Kier molecular flexibility index (Phi) is 5.33. The van der Waals surface area contributed by atoms with Crippen LogP contribution in [0.25, 0.3) is 0 Å². The van der Waals surface area contributed by atoms with Crippen molar-refractivity contribution in [3.63, 3.8) is 0 Å². The van der Waals surface area contributed by atoms with Crippen LogP contribution in [0.3, 0.4) is 0 Å². The Bertz CT molecular complexity index is 534. The molecule has 1 saturated carbocycles. The maximum atomic E-state index is 12.4. The molecular formula is C17H25N3O2S. The zero-order chi connectivity index (χ0) is 16.2. The molecule has 5 nitrogen and oxygen atoms in total. The Hall–Kier alpha value is -1.40. The smallest absolute Gasteiger partial charge is 0.264 e. The number of likely N-dealkylation sites (N-methyl/N-ethyl adjacent to an activating group) is 1. The van der Waals surface area contributed by atoms with Gasteiger partial charge in [-0.3, -0.25) is 9.59 Å². The number of amides is 2. The highest BCUT2D eigenvalue weighted by molar-refractivity contribution is 7.12. The van der Waals surface area contributed by atoms with E-state index in [2.05, 4.69) is 5.32 Å². The molecule has 23 heavy (non-hydrogen) atoms. The first kappa shape index (κ1) is 16.5. The number of thiophene rings is 1. The van der Waals surface area contributed by atoms with E-state index in [1.165, 1.54) is 29.1 Å². The summed E-state index contributed by atoms with van der Waals surface area (Å²) in [6, 6.07) is 4.20. The number of hydrogen-bond donors (Lipinski definition) is 1. The van der Waals surface area contributed by atoms with Gasteiger partial charge < -0.3 is 15.1 Å². The van der Waals surface area contributed by atoms with E-state index in [4.69, 9.17) is 0 Å². The molecule has 126 valence electrons. The average molecular weight is 335 g/mol. The SMILES string of the molecule is CN(CC(=O)N1CCC(NCC2CC2)CC1)C(=O)c1cccs1. The van der Waals surface area contributed by atoms with E-state index < -0.39 is 0 Å². The van der Waals surface area contributed by atoms with Gasteiger partial charge in [-0.15, -0.1) is 11.3 Å². The van der Waals surface area contributed by atoms with Crippen molar-refractivity contribution in [2.75, 3.05) is 33.2 Å². The van der Waals surface area contributed by atoms with E-state index in [0.29, 0.717) is 10.9 Å². The number of likely N-dealkylation sites (tertiary alicyclic amines) is 1. The summed E-state index contributed by atoms with van der Waals surface area (Å²) < 4.78 is 0. The second-order valence-electron chi connectivity index (χ2n) is 6.65. The number of nitrogens with zero attached hydrogens (tertiary/aromatic N) is 2. The monoisotopic (exact) mass is 335 g/mol. The lowest BCUT2D eigenvalue weighted by molar-refractivity contribution is -0.132. The summed E-state index contributed by atoms with van der Waals surface area (Å²) in [5, 5.41) is 5.50. The van der Waals surface area contributed by atoms with Crippen molar-refractivity contribution in [2.45, 2.75) is 31.7 Å². The minimum atomic E-state index is -0.0747. The Morgan fingerprint density at radius 1 is 1.30 bits per heavy atom. The summed E-state index contributed by atoms with van der Waals surface area (Å²) >= 11 is 1.41. The lowest BCUT2D eigenvalue weighted by Gasteiger charge is -2.33. The number of rotatable bonds is 6. The van der Waals surface area contributed by atoms with Crippen LogP contribution in [0.4, 0.5) is 0 Å². The first-order valence-corrected chi connectivity index (χ1v) is 9.31. The van der Waals surface area contributed by atoms with Crippen LogP contribution in [0.15, 0.2) is 17.5 Å². The van der Waals surface area contributed by atoms with E-state index in [0.717, 1.165) is 38.4 Å². The number of carbonyl (C=O) groups is 2. The van der Waals surface area contributed by atoms with Crippen molar-refractivity contribution in [2.24, 2.45) is 5.92 Å². The van der Waals surface area contributed by atoms with Crippen LogP contribution in [0.2, 0.25) is 0 Å². The van der Waals surface area contributed by atoms with Crippen LogP contribution in [0.5, 0.6) is 0 Å². The number of hydrogen-bond acceptors (Lipinski definition) is 4. The minimum Gasteiger partial charge on any atom is -0.341 e. The van der Waals surface area contributed by atoms with Crippen molar-refractivity contribution in [1.29, 1.82) is 0 Å². The molecule has 3 rings (SSSR count). The van der Waals surface area contributed by atoms with Crippen molar-refractivity contribution >= 4 is 23.2 Å². The molecule has 1 N–H and O–H groups in total. The lowest BCUT2D eigenvalue weighted by atomic mass is 10.0. The van der Waals surface area contributed by atoms with Gasteiger partial charge in [0.05, 0.1) is 11.4 Å². The summed E-state index contributed by atoms with van der Waals surface area (Å²) in [4.78, 5) is 28.7. The maximum Gasteiger partial charge on any atom is 0.264 e. The molecule has 0 radical (unpaired) electrons. The lowest BCUT2D eigenvalue weighted by Crippen LogP contribution is -2.48. The molecule has 0 unspecified atom stereocenters. The van der Waals surface area contributed by atoms with Gasteiger partial charge in [0.2, 0.25) is 5.91 Å². The van der Waals surface area contributed by atoms with Gasteiger partial charge in [-0.1, -0.05) is 6.07 Å². The zero-order valence-electron chi connectivity index (χ0n) is 13.7. The molecule has 1 saturated heterocycles. The standard InChI is InChI=1S/C17H25N3O2S/c1-19(17(22)15-3-2-10-23-15)12-16(21)20-8-6-14(7-9-20)18-11-13-4-5-13/h2-3,10,13-14,18H,4-9,11-12H2,1H3. The number of carbonyl (C=O) groups excluding carboxylic acids is 2. The van der Waals surface area contributed by atoms with Crippen LogP contribution in [-0.4, -0.2) is 60.9 Å². The van der Waals surface area contributed by atoms with Gasteiger partial charge >= 0.3 is 0 Å². The van der Waals surface area contributed by atoms with Crippen LogP contribution >= 0.6 is 11.3 Å². The molecule has 0 spiro atoms.